The van der Waals surface area contributed by atoms with Crippen LogP contribution in [0.1, 0.15) is 25.0 Å². The van der Waals surface area contributed by atoms with Crippen molar-refractivity contribution in [1.29, 1.82) is 0 Å². The van der Waals surface area contributed by atoms with Gasteiger partial charge < -0.3 is 0 Å². The third-order valence-electron chi connectivity index (χ3n) is 9.65. The first kappa shape index (κ1) is 24.3. The molecular weight excluding hydrogens is 518 g/mol. The molecule has 0 atom stereocenters. The van der Waals surface area contributed by atoms with E-state index in [0.717, 1.165) is 16.8 Å². The normalized spacial score (nSPS) is 13.5. The molecule has 0 amide bonds. The minimum atomic E-state index is -0.101. The first-order chi connectivity index (χ1) is 21.1. The van der Waals surface area contributed by atoms with Crippen LogP contribution in [0.15, 0.2) is 140 Å². The molecule has 9 rings (SSSR count). The van der Waals surface area contributed by atoms with Gasteiger partial charge in [0.2, 0.25) is 0 Å². The number of rotatable bonds is 2. The number of aromatic nitrogens is 1. The summed E-state index contributed by atoms with van der Waals surface area (Å²) >= 11 is 0. The maximum Gasteiger partial charge on any atom is 0.0709 e. The average Bonchev–Trinajstić information content (AvgIpc) is 3.29. The first-order valence-electron chi connectivity index (χ1n) is 15.1. The van der Waals surface area contributed by atoms with Gasteiger partial charge in [0.25, 0.3) is 0 Å². The summed E-state index contributed by atoms with van der Waals surface area (Å²) in [6, 6.07) is 51.1. The molecule has 1 nitrogen and oxygen atoms in total. The fourth-order valence-electron chi connectivity index (χ4n) is 7.37. The van der Waals surface area contributed by atoms with Crippen LogP contribution >= 0.6 is 0 Å². The standard InChI is InChI=1S/C42H29N/c1-42(2)38-23-29(26-15-17-28(18-16-26)41-22-20-27-9-3-8-14-40(27)43-41)19-21-34(38)37-24-35-32-12-6-4-10-30(32)31-11-5-7-13-33(31)36(35)25-39(37)42/h3-25H,1-2H3. The van der Waals surface area contributed by atoms with Gasteiger partial charge in [-0.05, 0) is 96.0 Å². The van der Waals surface area contributed by atoms with Gasteiger partial charge in [-0.25, -0.2) is 4.98 Å². The molecule has 0 saturated carbocycles. The maximum absolute atomic E-state index is 4.90. The minimum Gasteiger partial charge on any atom is -0.248 e. The van der Waals surface area contributed by atoms with E-state index in [1.807, 2.05) is 6.07 Å². The lowest BCUT2D eigenvalue weighted by atomic mass is 9.80. The maximum atomic E-state index is 4.90. The van der Waals surface area contributed by atoms with Crippen molar-refractivity contribution < 1.29 is 0 Å². The van der Waals surface area contributed by atoms with E-state index in [-0.39, 0.29) is 5.41 Å². The quantitative estimate of drug-likeness (QED) is 0.196. The third-order valence-corrected chi connectivity index (χ3v) is 9.65. The predicted molar refractivity (Wildman–Crippen MR) is 183 cm³/mol. The third kappa shape index (κ3) is 3.55. The van der Waals surface area contributed by atoms with E-state index in [0.29, 0.717) is 0 Å². The van der Waals surface area contributed by atoms with Gasteiger partial charge in [0, 0.05) is 16.4 Å². The van der Waals surface area contributed by atoms with E-state index in [9.17, 15) is 0 Å². The van der Waals surface area contributed by atoms with Crippen molar-refractivity contribution in [3.8, 4) is 33.5 Å². The van der Waals surface area contributed by atoms with Gasteiger partial charge in [0.1, 0.15) is 0 Å². The number of benzene rings is 7. The average molecular weight is 548 g/mol. The van der Waals surface area contributed by atoms with Crippen molar-refractivity contribution in [3.05, 3.63) is 151 Å². The van der Waals surface area contributed by atoms with Crippen LogP contribution in [0.3, 0.4) is 0 Å². The fourth-order valence-corrected chi connectivity index (χ4v) is 7.37. The second-order valence-electron chi connectivity index (χ2n) is 12.4. The zero-order chi connectivity index (χ0) is 28.7. The van der Waals surface area contributed by atoms with E-state index in [4.69, 9.17) is 4.98 Å². The largest absolute Gasteiger partial charge is 0.248 e. The number of pyridine rings is 1. The molecule has 1 heteroatoms. The SMILES string of the molecule is CC1(C)c2cc(-c3ccc(-c4ccc5ccccc5n4)cc3)ccc2-c2cc3c4ccccc4c4ccccc4c3cc21. The van der Waals surface area contributed by atoms with E-state index >= 15 is 0 Å². The summed E-state index contributed by atoms with van der Waals surface area (Å²) in [7, 11) is 0. The number of hydrogen-bond acceptors (Lipinski definition) is 1. The molecule has 1 heterocycles. The molecule has 1 aromatic heterocycles. The smallest absolute Gasteiger partial charge is 0.0709 e. The van der Waals surface area contributed by atoms with Crippen molar-refractivity contribution >= 4 is 43.2 Å². The van der Waals surface area contributed by atoms with Gasteiger partial charge in [-0.15, -0.1) is 0 Å². The summed E-state index contributed by atoms with van der Waals surface area (Å²) in [5.41, 5.74) is 11.0. The Bertz CT molecular complexity index is 2410. The van der Waals surface area contributed by atoms with E-state index < -0.39 is 0 Å². The van der Waals surface area contributed by atoms with E-state index in [2.05, 4.69) is 147 Å². The Morgan fingerprint density at radius 1 is 0.419 bits per heavy atom. The zero-order valence-electron chi connectivity index (χ0n) is 24.2. The summed E-state index contributed by atoms with van der Waals surface area (Å²) in [5, 5.41) is 9.13. The molecular formula is C42H29N. The molecule has 7 aromatic carbocycles. The van der Waals surface area contributed by atoms with E-state index in [1.165, 1.54) is 71.1 Å². The lowest BCUT2D eigenvalue weighted by Gasteiger charge is -2.23. The summed E-state index contributed by atoms with van der Waals surface area (Å²) in [6.45, 7) is 4.76. The summed E-state index contributed by atoms with van der Waals surface area (Å²) < 4.78 is 0. The van der Waals surface area contributed by atoms with Gasteiger partial charge in [-0.3, -0.25) is 0 Å². The summed E-state index contributed by atoms with van der Waals surface area (Å²) in [5.74, 6) is 0. The highest BCUT2D eigenvalue weighted by Gasteiger charge is 2.36. The van der Waals surface area contributed by atoms with Crippen molar-refractivity contribution in [2.24, 2.45) is 0 Å². The predicted octanol–water partition coefficient (Wildman–Crippen LogP) is 11.3. The zero-order valence-corrected chi connectivity index (χ0v) is 24.2. The van der Waals surface area contributed by atoms with Crippen LogP contribution in [-0.4, -0.2) is 4.98 Å². The Morgan fingerprint density at radius 3 is 1.70 bits per heavy atom. The second-order valence-corrected chi connectivity index (χ2v) is 12.4. The van der Waals surface area contributed by atoms with Gasteiger partial charge >= 0.3 is 0 Å². The lowest BCUT2D eigenvalue weighted by Crippen LogP contribution is -2.15. The van der Waals surface area contributed by atoms with Crippen LogP contribution in [0.25, 0.3) is 76.7 Å². The molecule has 0 N–H and O–H groups in total. The van der Waals surface area contributed by atoms with Crippen LogP contribution in [0, 0.1) is 0 Å². The Morgan fingerprint density at radius 2 is 0.977 bits per heavy atom. The molecule has 8 aromatic rings. The summed E-state index contributed by atoms with van der Waals surface area (Å²) in [6.07, 6.45) is 0. The monoisotopic (exact) mass is 547 g/mol. The molecule has 1 aliphatic rings. The van der Waals surface area contributed by atoms with Crippen LogP contribution in [0.2, 0.25) is 0 Å². The molecule has 0 unspecified atom stereocenters. The molecule has 202 valence electrons. The van der Waals surface area contributed by atoms with Crippen LogP contribution in [-0.2, 0) is 5.41 Å². The van der Waals surface area contributed by atoms with Gasteiger partial charge in [-0.2, -0.15) is 0 Å². The topological polar surface area (TPSA) is 12.9 Å². The molecule has 0 bridgehead atoms. The fraction of sp³-hybridized carbons (Fsp3) is 0.0714. The highest BCUT2D eigenvalue weighted by molar-refractivity contribution is 6.26. The van der Waals surface area contributed by atoms with Crippen molar-refractivity contribution in [1.82, 2.24) is 4.98 Å². The molecule has 0 spiro atoms. The number of nitrogens with zero attached hydrogens (tertiary/aromatic N) is 1. The highest BCUT2D eigenvalue weighted by atomic mass is 14.7. The molecule has 0 aliphatic heterocycles. The molecule has 1 aliphatic carbocycles. The second kappa shape index (κ2) is 8.86. The van der Waals surface area contributed by atoms with Crippen molar-refractivity contribution in [2.45, 2.75) is 19.3 Å². The molecule has 0 saturated heterocycles. The van der Waals surface area contributed by atoms with Crippen LogP contribution < -0.4 is 0 Å². The minimum absolute atomic E-state index is 0.101. The van der Waals surface area contributed by atoms with Crippen LogP contribution in [0.4, 0.5) is 0 Å². The van der Waals surface area contributed by atoms with Gasteiger partial charge in [-0.1, -0.05) is 123 Å². The van der Waals surface area contributed by atoms with Crippen molar-refractivity contribution in [2.75, 3.05) is 0 Å². The van der Waals surface area contributed by atoms with Crippen molar-refractivity contribution in [3.63, 3.8) is 0 Å². The molecule has 0 radical (unpaired) electrons. The Hall–Kier alpha value is -5.27. The Balaban J connectivity index is 1.16. The first-order valence-corrected chi connectivity index (χ1v) is 15.1. The number of hydrogen-bond donors (Lipinski definition) is 0. The lowest BCUT2D eigenvalue weighted by molar-refractivity contribution is 0.661. The number of para-hydroxylation sites is 1. The Labute approximate surface area is 251 Å². The number of fused-ring (bicyclic) bond motifs is 10. The van der Waals surface area contributed by atoms with Crippen LogP contribution in [0.5, 0.6) is 0 Å². The molecule has 0 fully saturated rings. The molecule has 43 heavy (non-hydrogen) atoms. The summed E-state index contributed by atoms with van der Waals surface area (Å²) in [4.78, 5) is 4.90. The van der Waals surface area contributed by atoms with Gasteiger partial charge in [0.05, 0.1) is 11.2 Å². The van der Waals surface area contributed by atoms with E-state index in [1.54, 1.807) is 0 Å². The Kier molecular flexibility index (Phi) is 5.02. The van der Waals surface area contributed by atoms with Gasteiger partial charge in [0.15, 0.2) is 0 Å². The highest BCUT2D eigenvalue weighted by Crippen LogP contribution is 2.52.